The number of halogens is 1. The fourth-order valence-electron chi connectivity index (χ4n) is 1.88. The Kier molecular flexibility index (Phi) is 5.43. The van der Waals surface area contributed by atoms with E-state index in [1.165, 1.54) is 0 Å². The standard InChI is InChI=1S/C10H18BrNO3S/c1-9(11)7-12(4-5-15-2)10-3-6-16(13,14)8-10/h10H,1,3-8H2,2H3/t10-/m1/s1. The van der Waals surface area contributed by atoms with Gasteiger partial charge in [0.15, 0.2) is 9.84 Å². The van der Waals surface area contributed by atoms with Crippen LogP contribution in [0.4, 0.5) is 0 Å². The lowest BCUT2D eigenvalue weighted by Crippen LogP contribution is -2.39. The van der Waals surface area contributed by atoms with E-state index in [1.54, 1.807) is 7.11 Å². The topological polar surface area (TPSA) is 46.6 Å². The zero-order valence-electron chi connectivity index (χ0n) is 9.49. The van der Waals surface area contributed by atoms with Crippen molar-refractivity contribution in [1.29, 1.82) is 0 Å². The molecule has 1 heterocycles. The lowest BCUT2D eigenvalue weighted by Gasteiger charge is -2.27. The van der Waals surface area contributed by atoms with Gasteiger partial charge in [-0.05, 0) is 6.42 Å². The smallest absolute Gasteiger partial charge is 0.151 e. The summed E-state index contributed by atoms with van der Waals surface area (Å²) in [5, 5.41) is 0. The van der Waals surface area contributed by atoms with Gasteiger partial charge in [-0.2, -0.15) is 0 Å². The molecule has 0 aliphatic carbocycles. The summed E-state index contributed by atoms with van der Waals surface area (Å²) in [7, 11) is -1.18. The molecule has 6 heteroatoms. The van der Waals surface area contributed by atoms with Crippen molar-refractivity contribution in [3.8, 4) is 0 Å². The predicted octanol–water partition coefficient (Wildman–Crippen LogP) is 1.03. The van der Waals surface area contributed by atoms with Crippen LogP contribution in [0.3, 0.4) is 0 Å². The van der Waals surface area contributed by atoms with E-state index in [0.717, 1.165) is 11.0 Å². The second-order valence-electron chi connectivity index (χ2n) is 4.04. The van der Waals surface area contributed by atoms with Gasteiger partial charge in [0.1, 0.15) is 0 Å². The van der Waals surface area contributed by atoms with Gasteiger partial charge in [0.2, 0.25) is 0 Å². The van der Waals surface area contributed by atoms with E-state index < -0.39 is 9.84 Å². The van der Waals surface area contributed by atoms with Crippen LogP contribution in [-0.4, -0.2) is 57.7 Å². The molecule has 1 fully saturated rings. The normalized spacial score (nSPS) is 23.8. The summed E-state index contributed by atoms with van der Waals surface area (Å²) in [6.45, 7) is 5.81. The summed E-state index contributed by atoms with van der Waals surface area (Å²) in [6, 6.07) is 0.106. The molecular weight excluding hydrogens is 294 g/mol. The summed E-state index contributed by atoms with van der Waals surface area (Å²) in [5.41, 5.74) is 0. The molecular formula is C10H18BrNO3S. The SMILES string of the molecule is C=C(Br)CN(CCOC)[C@@H]1CCS(=O)(=O)C1. The molecule has 1 rings (SSSR count). The zero-order chi connectivity index (χ0) is 12.2. The van der Waals surface area contributed by atoms with E-state index in [2.05, 4.69) is 27.4 Å². The molecule has 0 aromatic heterocycles. The fourth-order valence-corrected chi connectivity index (χ4v) is 3.97. The van der Waals surface area contributed by atoms with Gasteiger partial charge in [0, 0.05) is 30.7 Å². The van der Waals surface area contributed by atoms with Gasteiger partial charge in [-0.25, -0.2) is 8.42 Å². The Balaban J connectivity index is 2.58. The van der Waals surface area contributed by atoms with E-state index >= 15 is 0 Å². The molecule has 1 aliphatic heterocycles. The van der Waals surface area contributed by atoms with Gasteiger partial charge in [-0.3, -0.25) is 4.90 Å². The van der Waals surface area contributed by atoms with Gasteiger partial charge in [-0.15, -0.1) is 0 Å². The average molecular weight is 312 g/mol. The zero-order valence-corrected chi connectivity index (χ0v) is 11.9. The summed E-state index contributed by atoms with van der Waals surface area (Å²) >= 11 is 3.32. The van der Waals surface area contributed by atoms with E-state index in [0.29, 0.717) is 25.3 Å². The highest BCUT2D eigenvalue weighted by Crippen LogP contribution is 2.19. The molecule has 0 N–H and O–H groups in total. The Morgan fingerprint density at radius 3 is 2.75 bits per heavy atom. The Labute approximate surface area is 106 Å². The van der Waals surface area contributed by atoms with Crippen molar-refractivity contribution in [2.24, 2.45) is 0 Å². The van der Waals surface area contributed by atoms with Crippen molar-refractivity contribution in [3.63, 3.8) is 0 Å². The van der Waals surface area contributed by atoms with Crippen LogP contribution in [-0.2, 0) is 14.6 Å². The van der Waals surface area contributed by atoms with Crippen molar-refractivity contribution in [3.05, 3.63) is 11.1 Å². The minimum atomic E-state index is -2.83. The first-order chi connectivity index (χ1) is 7.44. The minimum Gasteiger partial charge on any atom is -0.383 e. The van der Waals surface area contributed by atoms with E-state index in [-0.39, 0.29) is 11.8 Å². The van der Waals surface area contributed by atoms with E-state index in [1.807, 2.05) is 0 Å². The van der Waals surface area contributed by atoms with E-state index in [4.69, 9.17) is 4.74 Å². The van der Waals surface area contributed by atoms with Crippen LogP contribution >= 0.6 is 15.9 Å². The highest BCUT2D eigenvalue weighted by atomic mass is 79.9. The molecule has 0 bridgehead atoms. The molecule has 4 nitrogen and oxygen atoms in total. The predicted molar refractivity (Wildman–Crippen MR) is 68.6 cm³/mol. The number of hydrogen-bond donors (Lipinski definition) is 0. The van der Waals surface area contributed by atoms with Gasteiger partial charge < -0.3 is 4.74 Å². The van der Waals surface area contributed by atoms with Crippen molar-refractivity contribution >= 4 is 25.8 Å². The van der Waals surface area contributed by atoms with Crippen molar-refractivity contribution in [2.45, 2.75) is 12.5 Å². The van der Waals surface area contributed by atoms with Crippen molar-refractivity contribution in [1.82, 2.24) is 4.90 Å². The van der Waals surface area contributed by atoms with Crippen LogP contribution in [0.2, 0.25) is 0 Å². The third kappa shape index (κ3) is 4.53. The molecule has 16 heavy (non-hydrogen) atoms. The van der Waals surface area contributed by atoms with Crippen LogP contribution in [0.25, 0.3) is 0 Å². The summed E-state index contributed by atoms with van der Waals surface area (Å²) in [4.78, 5) is 2.12. The molecule has 1 aliphatic rings. The van der Waals surface area contributed by atoms with Gasteiger partial charge in [-0.1, -0.05) is 22.5 Å². The Morgan fingerprint density at radius 1 is 1.62 bits per heavy atom. The Hall–Kier alpha value is 0.0900. The van der Waals surface area contributed by atoms with Crippen LogP contribution in [0, 0.1) is 0 Å². The Morgan fingerprint density at radius 2 is 2.31 bits per heavy atom. The first-order valence-corrected chi connectivity index (χ1v) is 7.83. The maximum Gasteiger partial charge on any atom is 0.151 e. The number of hydrogen-bond acceptors (Lipinski definition) is 4. The molecule has 0 radical (unpaired) electrons. The quantitative estimate of drug-likeness (QED) is 0.735. The van der Waals surface area contributed by atoms with Crippen molar-refractivity contribution in [2.75, 3.05) is 38.3 Å². The average Bonchev–Trinajstić information content (AvgIpc) is 2.52. The van der Waals surface area contributed by atoms with Gasteiger partial charge >= 0.3 is 0 Å². The van der Waals surface area contributed by atoms with Crippen molar-refractivity contribution < 1.29 is 13.2 Å². The molecule has 0 amide bonds. The number of ether oxygens (including phenoxy) is 1. The highest BCUT2D eigenvalue weighted by molar-refractivity contribution is 9.11. The molecule has 0 aromatic carbocycles. The highest BCUT2D eigenvalue weighted by Gasteiger charge is 2.31. The molecule has 0 aromatic rings. The second kappa shape index (κ2) is 6.14. The molecule has 94 valence electrons. The molecule has 1 atom stereocenters. The molecule has 1 saturated heterocycles. The number of sulfone groups is 1. The van der Waals surface area contributed by atoms with Crippen LogP contribution < -0.4 is 0 Å². The summed E-state index contributed by atoms with van der Waals surface area (Å²) < 4.78 is 28.7. The molecule has 0 unspecified atom stereocenters. The number of methoxy groups -OCH3 is 1. The largest absolute Gasteiger partial charge is 0.383 e. The maximum atomic E-state index is 11.4. The van der Waals surface area contributed by atoms with Gasteiger partial charge in [0.05, 0.1) is 18.1 Å². The lowest BCUT2D eigenvalue weighted by atomic mass is 10.2. The molecule has 0 saturated carbocycles. The van der Waals surface area contributed by atoms with E-state index in [9.17, 15) is 8.42 Å². The fraction of sp³-hybridized carbons (Fsp3) is 0.800. The first kappa shape index (κ1) is 14.2. The minimum absolute atomic E-state index is 0.106. The van der Waals surface area contributed by atoms with Gasteiger partial charge in [0.25, 0.3) is 0 Å². The number of rotatable bonds is 6. The van der Waals surface area contributed by atoms with Crippen LogP contribution in [0.1, 0.15) is 6.42 Å². The van der Waals surface area contributed by atoms with Crippen LogP contribution in [0.15, 0.2) is 11.1 Å². The lowest BCUT2D eigenvalue weighted by molar-refractivity contribution is 0.134. The number of nitrogens with zero attached hydrogens (tertiary/aromatic N) is 1. The monoisotopic (exact) mass is 311 g/mol. The van der Waals surface area contributed by atoms with Crippen LogP contribution in [0.5, 0.6) is 0 Å². The third-order valence-corrected chi connectivity index (χ3v) is 4.68. The second-order valence-corrected chi connectivity index (χ2v) is 7.39. The first-order valence-electron chi connectivity index (χ1n) is 5.21. The summed E-state index contributed by atoms with van der Waals surface area (Å²) in [6.07, 6.45) is 0.715. The maximum absolute atomic E-state index is 11.4. The summed E-state index contributed by atoms with van der Waals surface area (Å²) in [5.74, 6) is 0.562. The Bertz CT molecular complexity index is 342. The third-order valence-electron chi connectivity index (χ3n) is 2.68. The molecule has 0 spiro atoms.